The Morgan fingerprint density at radius 2 is 1.89 bits per heavy atom. The maximum atomic E-state index is 12.0. The van der Waals surface area contributed by atoms with Crippen LogP contribution in [-0.2, 0) is 10.0 Å². The van der Waals surface area contributed by atoms with Crippen molar-refractivity contribution in [2.75, 3.05) is 0 Å². The van der Waals surface area contributed by atoms with Crippen molar-refractivity contribution >= 4 is 31.9 Å². The minimum absolute atomic E-state index is 0.0928. The van der Waals surface area contributed by atoms with E-state index in [0.717, 1.165) is 0 Å². The number of hydrogen-bond donors (Lipinski definition) is 2. The largest absolute Gasteiger partial charge is 0.347 e. The van der Waals surface area contributed by atoms with Gasteiger partial charge in [0.2, 0.25) is 10.0 Å². The Hall–Kier alpha value is -0.920. The molecule has 7 heteroatoms. The summed E-state index contributed by atoms with van der Waals surface area (Å²) >= 11 is 3.21. The predicted octanol–water partition coefficient (Wildman–Crippen LogP) is 1.62. The zero-order chi connectivity index (χ0) is 14.1. The van der Waals surface area contributed by atoms with Gasteiger partial charge >= 0.3 is 0 Å². The molecule has 3 N–H and O–H groups in total. The van der Waals surface area contributed by atoms with E-state index in [1.807, 2.05) is 20.8 Å². The molecule has 0 heterocycles. The Bertz CT molecular complexity index is 576. The van der Waals surface area contributed by atoms with Crippen LogP contribution in [0, 0.1) is 0 Å². The topological polar surface area (TPSA) is 89.3 Å². The lowest BCUT2D eigenvalue weighted by atomic mass is 10.1. The van der Waals surface area contributed by atoms with Crippen LogP contribution in [-0.4, -0.2) is 19.9 Å². The van der Waals surface area contributed by atoms with Gasteiger partial charge in [-0.2, -0.15) is 0 Å². The van der Waals surface area contributed by atoms with Crippen molar-refractivity contribution in [2.24, 2.45) is 5.14 Å². The summed E-state index contributed by atoms with van der Waals surface area (Å²) < 4.78 is 23.0. The van der Waals surface area contributed by atoms with E-state index in [9.17, 15) is 13.2 Å². The number of nitrogens with one attached hydrogen (secondary N) is 1. The molecule has 0 radical (unpaired) electrons. The Balaban J connectivity index is 3.21. The highest BCUT2D eigenvalue weighted by molar-refractivity contribution is 9.10. The van der Waals surface area contributed by atoms with Crippen molar-refractivity contribution in [1.29, 1.82) is 0 Å². The summed E-state index contributed by atoms with van der Waals surface area (Å²) in [6.07, 6.45) is 0. The van der Waals surface area contributed by atoms with Gasteiger partial charge in [0.05, 0.1) is 10.5 Å². The Labute approximate surface area is 115 Å². The lowest BCUT2D eigenvalue weighted by Crippen LogP contribution is -2.40. The molecule has 0 fully saturated rings. The molecule has 0 aliphatic carbocycles. The first-order chi connectivity index (χ1) is 8.00. The molecule has 0 saturated carbocycles. The van der Waals surface area contributed by atoms with Gasteiger partial charge in [-0.05, 0) is 54.9 Å². The number of carbonyl (C=O) groups is 1. The summed E-state index contributed by atoms with van der Waals surface area (Å²) in [5.41, 5.74) is -0.176. The fraction of sp³-hybridized carbons (Fsp3) is 0.364. The quantitative estimate of drug-likeness (QED) is 0.861. The summed E-state index contributed by atoms with van der Waals surface area (Å²) in [5.74, 6) is -0.361. The van der Waals surface area contributed by atoms with Crippen LogP contribution in [0.5, 0.6) is 0 Å². The number of amides is 1. The molecule has 0 aliphatic heterocycles. The number of hydrogen-bond acceptors (Lipinski definition) is 3. The van der Waals surface area contributed by atoms with Crippen LogP contribution in [0.1, 0.15) is 31.1 Å². The summed E-state index contributed by atoms with van der Waals surface area (Å²) in [6.45, 7) is 5.51. The molecule has 0 unspecified atom stereocenters. The first-order valence-corrected chi connectivity index (χ1v) is 7.49. The number of rotatable bonds is 2. The molecule has 0 aromatic heterocycles. The third-order valence-corrected chi connectivity index (χ3v) is 3.60. The normalized spacial score (nSPS) is 12.3. The van der Waals surface area contributed by atoms with Gasteiger partial charge in [-0.25, -0.2) is 13.6 Å². The molecule has 100 valence electrons. The number of benzene rings is 1. The van der Waals surface area contributed by atoms with Crippen molar-refractivity contribution in [1.82, 2.24) is 5.32 Å². The molecule has 1 amide bonds. The highest BCUT2D eigenvalue weighted by Gasteiger charge is 2.19. The average molecular weight is 335 g/mol. The van der Waals surface area contributed by atoms with Crippen LogP contribution in [0.3, 0.4) is 0 Å². The third kappa shape index (κ3) is 4.08. The molecule has 1 aromatic carbocycles. The lowest BCUT2D eigenvalue weighted by Gasteiger charge is -2.21. The number of sulfonamides is 1. The predicted molar refractivity (Wildman–Crippen MR) is 72.7 cm³/mol. The van der Waals surface area contributed by atoms with E-state index in [2.05, 4.69) is 21.2 Å². The lowest BCUT2D eigenvalue weighted by molar-refractivity contribution is 0.0918. The van der Waals surface area contributed by atoms with E-state index in [4.69, 9.17) is 5.14 Å². The first kappa shape index (κ1) is 15.1. The number of halogens is 1. The highest BCUT2D eigenvalue weighted by atomic mass is 79.9. The summed E-state index contributed by atoms with van der Waals surface area (Å²) in [5, 5.41) is 7.78. The van der Waals surface area contributed by atoms with Gasteiger partial charge in [-0.15, -0.1) is 0 Å². The summed E-state index contributed by atoms with van der Waals surface area (Å²) in [6, 6.07) is 4.07. The van der Waals surface area contributed by atoms with Gasteiger partial charge in [-0.1, -0.05) is 0 Å². The molecule has 0 spiro atoms. The molecule has 1 aromatic rings. The number of carbonyl (C=O) groups excluding carboxylic acids is 1. The third-order valence-electron chi connectivity index (χ3n) is 2.00. The maximum Gasteiger partial charge on any atom is 0.252 e. The zero-order valence-electron chi connectivity index (χ0n) is 10.3. The van der Waals surface area contributed by atoms with Crippen molar-refractivity contribution in [3.8, 4) is 0 Å². The molecule has 18 heavy (non-hydrogen) atoms. The van der Waals surface area contributed by atoms with Gasteiger partial charge < -0.3 is 5.32 Å². The van der Waals surface area contributed by atoms with Gasteiger partial charge in [0, 0.05) is 10.0 Å². The molecule has 0 atom stereocenters. The Morgan fingerprint density at radius 3 is 2.33 bits per heavy atom. The van der Waals surface area contributed by atoms with Crippen molar-refractivity contribution < 1.29 is 13.2 Å². The Kier molecular flexibility index (Phi) is 4.19. The smallest absolute Gasteiger partial charge is 0.252 e. The SMILES string of the molecule is CC(C)(C)NC(=O)c1cc(S(N)(=O)=O)ccc1Br. The minimum atomic E-state index is -3.82. The first-order valence-electron chi connectivity index (χ1n) is 5.15. The van der Waals surface area contributed by atoms with Crippen LogP contribution in [0.15, 0.2) is 27.6 Å². The molecule has 0 saturated heterocycles. The van der Waals surface area contributed by atoms with E-state index < -0.39 is 15.6 Å². The molecule has 5 nitrogen and oxygen atoms in total. The van der Waals surface area contributed by atoms with Gasteiger partial charge in [0.1, 0.15) is 0 Å². The standard InChI is InChI=1S/C11H15BrN2O3S/c1-11(2,3)14-10(15)8-6-7(18(13,16)17)4-5-9(8)12/h4-6H,1-3H3,(H,14,15)(H2,13,16,17). The van der Waals surface area contributed by atoms with E-state index in [-0.39, 0.29) is 16.4 Å². The Morgan fingerprint density at radius 1 is 1.33 bits per heavy atom. The van der Waals surface area contributed by atoms with Gasteiger partial charge in [0.15, 0.2) is 0 Å². The van der Waals surface area contributed by atoms with E-state index >= 15 is 0 Å². The van der Waals surface area contributed by atoms with Crippen molar-refractivity contribution in [3.05, 3.63) is 28.2 Å². The fourth-order valence-corrected chi connectivity index (χ4v) is 2.23. The van der Waals surface area contributed by atoms with Crippen LogP contribution in [0.2, 0.25) is 0 Å². The molecule has 0 aliphatic rings. The average Bonchev–Trinajstić information content (AvgIpc) is 2.13. The maximum absolute atomic E-state index is 12.0. The zero-order valence-corrected chi connectivity index (χ0v) is 12.7. The summed E-state index contributed by atoms with van der Waals surface area (Å²) in [7, 11) is -3.82. The van der Waals surface area contributed by atoms with E-state index in [0.29, 0.717) is 4.47 Å². The second-order valence-corrected chi connectivity index (χ2v) is 7.31. The number of primary sulfonamides is 1. The monoisotopic (exact) mass is 334 g/mol. The molecular weight excluding hydrogens is 320 g/mol. The van der Waals surface area contributed by atoms with Crippen molar-refractivity contribution in [3.63, 3.8) is 0 Å². The van der Waals surface area contributed by atoms with Crippen LogP contribution < -0.4 is 10.5 Å². The minimum Gasteiger partial charge on any atom is -0.347 e. The fourth-order valence-electron chi connectivity index (χ4n) is 1.26. The molecule has 0 bridgehead atoms. The molecule has 1 rings (SSSR count). The highest BCUT2D eigenvalue weighted by Crippen LogP contribution is 2.21. The van der Waals surface area contributed by atoms with E-state index in [1.54, 1.807) is 0 Å². The summed E-state index contributed by atoms with van der Waals surface area (Å²) in [4.78, 5) is 11.9. The van der Waals surface area contributed by atoms with Gasteiger partial charge in [-0.3, -0.25) is 4.79 Å². The molecular formula is C11H15BrN2O3S. The second-order valence-electron chi connectivity index (χ2n) is 4.89. The van der Waals surface area contributed by atoms with Crippen LogP contribution in [0.4, 0.5) is 0 Å². The van der Waals surface area contributed by atoms with Crippen molar-refractivity contribution in [2.45, 2.75) is 31.2 Å². The van der Waals surface area contributed by atoms with Gasteiger partial charge in [0.25, 0.3) is 5.91 Å². The van der Waals surface area contributed by atoms with Crippen LogP contribution >= 0.6 is 15.9 Å². The second kappa shape index (κ2) is 4.99. The van der Waals surface area contributed by atoms with E-state index in [1.165, 1.54) is 18.2 Å². The number of nitrogens with two attached hydrogens (primary N) is 1. The van der Waals surface area contributed by atoms with Crippen LogP contribution in [0.25, 0.3) is 0 Å².